The van der Waals surface area contributed by atoms with E-state index in [0.717, 1.165) is 48.3 Å². The van der Waals surface area contributed by atoms with Gasteiger partial charge in [-0.1, -0.05) is 24.3 Å². The van der Waals surface area contributed by atoms with E-state index in [4.69, 9.17) is 9.72 Å². The van der Waals surface area contributed by atoms with Gasteiger partial charge in [0.05, 0.1) is 17.7 Å². The van der Waals surface area contributed by atoms with Crippen molar-refractivity contribution >= 4 is 23.0 Å². The van der Waals surface area contributed by atoms with Crippen LogP contribution in [-0.4, -0.2) is 24.4 Å². The summed E-state index contributed by atoms with van der Waals surface area (Å²) >= 11 is 0. The maximum absolute atomic E-state index is 11.7. The molecule has 0 atom stereocenters. The minimum Gasteiger partial charge on any atom is -0.494 e. The van der Waals surface area contributed by atoms with Crippen molar-refractivity contribution in [3.8, 4) is 5.75 Å². The number of hydrogen-bond acceptors (Lipinski definition) is 4. The highest BCUT2D eigenvalue weighted by Gasteiger charge is 2.20. The fourth-order valence-corrected chi connectivity index (χ4v) is 3.43. The van der Waals surface area contributed by atoms with Gasteiger partial charge in [0.25, 0.3) is 0 Å². The molecule has 0 fully saturated rings. The molecule has 0 saturated carbocycles. The molecule has 0 radical (unpaired) electrons. The molecule has 4 nitrogen and oxygen atoms in total. The Labute approximate surface area is 147 Å². The van der Waals surface area contributed by atoms with Gasteiger partial charge < -0.3 is 9.64 Å². The van der Waals surface area contributed by atoms with Gasteiger partial charge in [0, 0.05) is 18.5 Å². The molecule has 0 unspecified atom stereocenters. The third kappa shape index (κ3) is 2.95. The highest BCUT2D eigenvalue weighted by Crippen LogP contribution is 2.29. The summed E-state index contributed by atoms with van der Waals surface area (Å²) in [5.41, 5.74) is 4.19. The molecule has 4 rings (SSSR count). The second-order valence-electron chi connectivity index (χ2n) is 6.25. The van der Waals surface area contributed by atoms with Gasteiger partial charge in [-0.15, -0.1) is 0 Å². The van der Waals surface area contributed by atoms with Crippen molar-refractivity contribution < 1.29 is 9.53 Å². The lowest BCUT2D eigenvalue weighted by molar-refractivity contribution is 0.112. The summed E-state index contributed by atoms with van der Waals surface area (Å²) in [5.74, 6) is 1.56. The molecule has 25 heavy (non-hydrogen) atoms. The Morgan fingerprint density at radius 3 is 2.80 bits per heavy atom. The fourth-order valence-electron chi connectivity index (χ4n) is 3.43. The number of carbonyl (C=O) groups excluding carboxylic acids is 1. The third-order valence-corrected chi connectivity index (χ3v) is 4.66. The number of rotatable bonds is 4. The molecule has 0 spiro atoms. The first-order valence-corrected chi connectivity index (χ1v) is 8.63. The van der Waals surface area contributed by atoms with Crippen LogP contribution < -0.4 is 9.64 Å². The molecule has 126 valence electrons. The molecule has 4 heteroatoms. The number of nitrogens with zero attached hydrogens (tertiary/aromatic N) is 2. The molecule has 2 aromatic carbocycles. The second-order valence-corrected chi connectivity index (χ2v) is 6.25. The summed E-state index contributed by atoms with van der Waals surface area (Å²) in [6.07, 6.45) is 1.87. The number of anilines is 1. The van der Waals surface area contributed by atoms with Gasteiger partial charge in [0.2, 0.25) is 0 Å². The zero-order valence-electron chi connectivity index (χ0n) is 14.2. The van der Waals surface area contributed by atoms with Crippen LogP contribution >= 0.6 is 0 Å². The molecule has 0 bridgehead atoms. The fraction of sp³-hybridized carbons (Fsp3) is 0.238. The van der Waals surface area contributed by atoms with Crippen LogP contribution in [0, 0.1) is 0 Å². The SMILES string of the molecule is CCOc1ccc2nc(N3CCc4ccccc4C3)c(C=O)cc2c1. The number of ether oxygens (including phenoxy) is 1. The zero-order valence-corrected chi connectivity index (χ0v) is 14.2. The smallest absolute Gasteiger partial charge is 0.153 e. The van der Waals surface area contributed by atoms with Crippen molar-refractivity contribution in [1.82, 2.24) is 4.98 Å². The Kier molecular flexibility index (Phi) is 4.10. The largest absolute Gasteiger partial charge is 0.494 e. The van der Waals surface area contributed by atoms with Crippen molar-refractivity contribution in [2.75, 3.05) is 18.1 Å². The number of aromatic nitrogens is 1. The minimum absolute atomic E-state index is 0.616. The third-order valence-electron chi connectivity index (χ3n) is 4.66. The van der Waals surface area contributed by atoms with Gasteiger partial charge in [-0.3, -0.25) is 4.79 Å². The van der Waals surface area contributed by atoms with Crippen LogP contribution in [0.2, 0.25) is 0 Å². The van der Waals surface area contributed by atoms with Gasteiger partial charge in [-0.2, -0.15) is 0 Å². The van der Waals surface area contributed by atoms with E-state index in [1.54, 1.807) is 0 Å². The topological polar surface area (TPSA) is 42.4 Å². The zero-order chi connectivity index (χ0) is 17.2. The summed E-state index contributed by atoms with van der Waals surface area (Å²) in [6, 6.07) is 16.2. The van der Waals surface area contributed by atoms with Crippen molar-refractivity contribution in [1.29, 1.82) is 0 Å². The Bertz CT molecular complexity index is 936. The monoisotopic (exact) mass is 332 g/mol. The van der Waals surface area contributed by atoms with E-state index in [-0.39, 0.29) is 0 Å². The van der Waals surface area contributed by atoms with Gasteiger partial charge in [0.15, 0.2) is 6.29 Å². The minimum atomic E-state index is 0.616. The van der Waals surface area contributed by atoms with Crippen LogP contribution in [0.25, 0.3) is 10.9 Å². The van der Waals surface area contributed by atoms with Gasteiger partial charge in [-0.25, -0.2) is 4.98 Å². The maximum Gasteiger partial charge on any atom is 0.153 e. The molecule has 0 amide bonds. The molecule has 0 saturated heterocycles. The number of carbonyl (C=O) groups is 1. The average Bonchev–Trinajstić information content (AvgIpc) is 2.66. The van der Waals surface area contributed by atoms with E-state index in [1.807, 2.05) is 31.2 Å². The molecule has 2 heterocycles. The molecular weight excluding hydrogens is 312 g/mol. The number of benzene rings is 2. The summed E-state index contributed by atoms with van der Waals surface area (Å²) in [6.45, 7) is 4.22. The summed E-state index contributed by atoms with van der Waals surface area (Å²) in [5, 5.41) is 0.925. The van der Waals surface area contributed by atoms with Crippen molar-refractivity contribution in [3.05, 3.63) is 65.2 Å². The van der Waals surface area contributed by atoms with Crippen LogP contribution in [-0.2, 0) is 13.0 Å². The molecule has 1 aliphatic heterocycles. The molecule has 0 N–H and O–H groups in total. The molecule has 0 aliphatic carbocycles. The van der Waals surface area contributed by atoms with E-state index in [0.29, 0.717) is 12.2 Å². The predicted molar refractivity (Wildman–Crippen MR) is 99.5 cm³/mol. The van der Waals surface area contributed by atoms with E-state index >= 15 is 0 Å². The lowest BCUT2D eigenvalue weighted by Crippen LogP contribution is -2.31. The Morgan fingerprint density at radius 1 is 1.16 bits per heavy atom. The van der Waals surface area contributed by atoms with Gasteiger partial charge in [0.1, 0.15) is 11.6 Å². The molecule has 1 aromatic heterocycles. The van der Waals surface area contributed by atoms with E-state index in [2.05, 4.69) is 29.2 Å². The Balaban J connectivity index is 1.74. The molecular formula is C21H20N2O2. The number of pyridine rings is 1. The second kappa shape index (κ2) is 6.55. The standard InChI is InChI=1S/C21H20N2O2/c1-2-25-19-7-8-20-17(12-19)11-18(14-24)21(22-20)23-10-9-15-5-3-4-6-16(15)13-23/h3-8,11-12,14H,2,9-10,13H2,1H3. The van der Waals surface area contributed by atoms with Crippen LogP contribution in [0.5, 0.6) is 5.75 Å². The molecule has 3 aromatic rings. The number of aldehydes is 1. The van der Waals surface area contributed by atoms with E-state index in [9.17, 15) is 4.79 Å². The van der Waals surface area contributed by atoms with Crippen molar-refractivity contribution in [3.63, 3.8) is 0 Å². The summed E-state index contributed by atoms with van der Waals surface area (Å²) in [7, 11) is 0. The number of fused-ring (bicyclic) bond motifs is 2. The first kappa shape index (κ1) is 15.6. The lowest BCUT2D eigenvalue weighted by Gasteiger charge is -2.30. The highest BCUT2D eigenvalue weighted by molar-refractivity contribution is 5.92. The quantitative estimate of drug-likeness (QED) is 0.677. The van der Waals surface area contributed by atoms with Crippen LogP contribution in [0.3, 0.4) is 0 Å². The van der Waals surface area contributed by atoms with Crippen molar-refractivity contribution in [2.24, 2.45) is 0 Å². The van der Waals surface area contributed by atoms with E-state index < -0.39 is 0 Å². The first-order chi connectivity index (χ1) is 12.3. The lowest BCUT2D eigenvalue weighted by atomic mass is 9.99. The average molecular weight is 332 g/mol. The van der Waals surface area contributed by atoms with Gasteiger partial charge in [-0.05, 0) is 48.7 Å². The summed E-state index contributed by atoms with van der Waals surface area (Å²) in [4.78, 5) is 18.7. The van der Waals surface area contributed by atoms with E-state index in [1.165, 1.54) is 11.1 Å². The first-order valence-electron chi connectivity index (χ1n) is 8.63. The highest BCUT2D eigenvalue weighted by atomic mass is 16.5. The van der Waals surface area contributed by atoms with Crippen LogP contribution in [0.1, 0.15) is 28.4 Å². The van der Waals surface area contributed by atoms with Crippen LogP contribution in [0.4, 0.5) is 5.82 Å². The predicted octanol–water partition coefficient (Wildman–Crippen LogP) is 4.01. The number of hydrogen-bond donors (Lipinski definition) is 0. The molecule has 1 aliphatic rings. The van der Waals surface area contributed by atoms with Gasteiger partial charge >= 0.3 is 0 Å². The normalized spacial score (nSPS) is 13.6. The summed E-state index contributed by atoms with van der Waals surface area (Å²) < 4.78 is 5.55. The van der Waals surface area contributed by atoms with Crippen molar-refractivity contribution in [2.45, 2.75) is 19.9 Å². The van der Waals surface area contributed by atoms with Crippen LogP contribution in [0.15, 0.2) is 48.5 Å². The Morgan fingerprint density at radius 2 is 2.00 bits per heavy atom. The Hall–Kier alpha value is -2.88. The maximum atomic E-state index is 11.7.